The molecule has 2 aliphatic heterocycles. The summed E-state index contributed by atoms with van der Waals surface area (Å²) in [4.78, 5) is 38.0. The lowest BCUT2D eigenvalue weighted by atomic mass is 9.42. The van der Waals surface area contributed by atoms with Gasteiger partial charge in [-0.2, -0.15) is 0 Å². The molecule has 0 spiro atoms. The quantitative estimate of drug-likeness (QED) is 0.0806. The number of aliphatic hydroxyl groups excluding tert-OH is 3. The number of cyclic esters (lactones) is 1. The molecule has 70 heavy (non-hydrogen) atoms. The highest BCUT2D eigenvalue weighted by Crippen LogP contribution is 2.70. The number of nitrogens with zero attached hydrogens (tertiary/aromatic N) is 1. The van der Waals surface area contributed by atoms with Crippen molar-refractivity contribution in [2.75, 3.05) is 41.0 Å². The summed E-state index contributed by atoms with van der Waals surface area (Å²) in [5, 5.41) is 44.9. The molecule has 1 saturated heterocycles. The van der Waals surface area contributed by atoms with Crippen molar-refractivity contribution < 1.29 is 63.2 Å². The molecule has 9 rings (SSSR count). The van der Waals surface area contributed by atoms with Crippen LogP contribution in [0.15, 0.2) is 23.3 Å². The van der Waals surface area contributed by atoms with Crippen LogP contribution in [0.4, 0.5) is 0 Å². The molecule has 0 bridgehead atoms. The number of carbonyl (C=O) groups excluding carboxylic acids is 3. The van der Waals surface area contributed by atoms with E-state index < -0.39 is 42.3 Å². The van der Waals surface area contributed by atoms with Crippen LogP contribution in [0.1, 0.15) is 145 Å². The van der Waals surface area contributed by atoms with Gasteiger partial charge in [-0.1, -0.05) is 47.1 Å². The third kappa shape index (κ3) is 9.51. The van der Waals surface area contributed by atoms with Crippen LogP contribution in [-0.2, 0) is 42.8 Å². The minimum absolute atomic E-state index is 0.0488. The predicted molar refractivity (Wildman–Crippen MR) is 262 cm³/mol. The van der Waals surface area contributed by atoms with Gasteiger partial charge in [0.15, 0.2) is 12.4 Å². The van der Waals surface area contributed by atoms with E-state index in [2.05, 4.69) is 41.5 Å². The van der Waals surface area contributed by atoms with Crippen molar-refractivity contribution in [2.24, 2.45) is 69.0 Å². The molecular weight excluding hydrogens is 895 g/mol. The van der Waals surface area contributed by atoms with E-state index in [1.165, 1.54) is 14.0 Å². The molecule has 0 aromatic rings. The Balaban J connectivity index is 0.000000200. The maximum absolute atomic E-state index is 12.5. The van der Waals surface area contributed by atoms with Crippen LogP contribution >= 0.6 is 0 Å². The number of aliphatic hydroxyl groups is 4. The number of ether oxygens (including phenoxy) is 6. The van der Waals surface area contributed by atoms with E-state index in [4.69, 9.17) is 28.4 Å². The molecule has 14 nitrogen and oxygen atoms in total. The fourth-order valence-corrected chi connectivity index (χ4v) is 17.3. The molecule has 14 heteroatoms. The first-order valence-electron chi connectivity index (χ1n) is 27.1. The Bertz CT molecular complexity index is 1990. The number of rotatable bonds is 9. The van der Waals surface area contributed by atoms with Gasteiger partial charge in [0.2, 0.25) is 0 Å². The van der Waals surface area contributed by atoms with Gasteiger partial charge in [-0.3, -0.25) is 4.79 Å². The number of hydrogen-bond donors (Lipinski definition) is 4. The van der Waals surface area contributed by atoms with E-state index in [-0.39, 0.29) is 75.6 Å². The Hall–Kier alpha value is -2.43. The third-order valence-electron chi connectivity index (χ3n) is 21.3. The van der Waals surface area contributed by atoms with Crippen LogP contribution in [0.25, 0.3) is 0 Å². The Labute approximate surface area is 417 Å². The maximum Gasteiger partial charge on any atom is 0.331 e. The molecule has 0 unspecified atom stereocenters. The summed E-state index contributed by atoms with van der Waals surface area (Å²) in [7, 11) is 5.41. The summed E-state index contributed by atoms with van der Waals surface area (Å²) in [5.74, 6) is 1.50. The fourth-order valence-electron chi connectivity index (χ4n) is 17.3. The molecule has 4 N–H and O–H groups in total. The van der Waals surface area contributed by atoms with Crippen LogP contribution in [0.2, 0.25) is 0 Å². The molecule has 0 amide bonds. The van der Waals surface area contributed by atoms with Gasteiger partial charge in [-0.25, -0.2) is 9.59 Å². The van der Waals surface area contributed by atoms with Crippen molar-refractivity contribution in [3.8, 4) is 0 Å². The van der Waals surface area contributed by atoms with E-state index in [9.17, 15) is 34.8 Å². The zero-order valence-electron chi connectivity index (χ0n) is 44.3. The summed E-state index contributed by atoms with van der Waals surface area (Å²) in [5.41, 5.74) is 1.31. The summed E-state index contributed by atoms with van der Waals surface area (Å²) in [6, 6.07) is 0. The molecule has 0 radical (unpaired) electrons. The largest absolute Gasteiger partial charge is 0.461 e. The SMILES string of the molecule is CO[C@@H]1[C@@H](O)[C@H](C)O[C@@H](O[C@H]2CC[C@@]3(C)[C@H](CC[C@@H]4[C@@H]3CC[C@]3(C)[C@@H](C5=CC(=O)OC5)CC[C@]43O)C2)[C@H]1OC(C)=O.C[C@H]1/C(=C\C(=O)OCCN(C)C)CC[C@H]2[C@H]1[C@@H](O)C[C@H]1C(C)(C)[C@@H](O)CC[C@]21C. The number of methoxy groups -OCH3 is 1. The zero-order chi connectivity index (χ0) is 50.9. The highest BCUT2D eigenvalue weighted by molar-refractivity contribution is 5.85. The van der Waals surface area contributed by atoms with Gasteiger partial charge in [0.1, 0.15) is 25.4 Å². The van der Waals surface area contributed by atoms with Crippen molar-refractivity contribution in [1.82, 2.24) is 4.90 Å². The first-order valence-corrected chi connectivity index (χ1v) is 27.1. The molecular formula is C56H89NO13. The second-order valence-corrected chi connectivity index (χ2v) is 25.2. The van der Waals surface area contributed by atoms with E-state index in [1.807, 2.05) is 19.0 Å². The molecule has 20 atom stereocenters. The van der Waals surface area contributed by atoms with Crippen LogP contribution < -0.4 is 0 Å². The second-order valence-electron chi connectivity index (χ2n) is 25.2. The van der Waals surface area contributed by atoms with Gasteiger partial charge in [0.25, 0.3) is 0 Å². The summed E-state index contributed by atoms with van der Waals surface area (Å²) < 4.78 is 34.3. The average Bonchev–Trinajstić information content (AvgIpc) is 3.84. The van der Waals surface area contributed by atoms with E-state index >= 15 is 0 Å². The number of esters is 3. The van der Waals surface area contributed by atoms with Gasteiger partial charge in [-0.05, 0) is 180 Å². The number of allylic oxidation sites excluding steroid dienone is 1. The topological polar surface area (TPSA) is 191 Å². The minimum atomic E-state index is -0.926. The summed E-state index contributed by atoms with van der Waals surface area (Å²) in [6.07, 6.45) is 11.9. The van der Waals surface area contributed by atoms with Crippen molar-refractivity contribution in [3.63, 3.8) is 0 Å². The minimum Gasteiger partial charge on any atom is -0.461 e. The van der Waals surface area contributed by atoms with Crippen molar-refractivity contribution in [3.05, 3.63) is 23.3 Å². The smallest absolute Gasteiger partial charge is 0.331 e. The lowest BCUT2D eigenvalue weighted by Gasteiger charge is -2.64. The Morgan fingerprint density at radius 3 is 2.27 bits per heavy atom. The Morgan fingerprint density at radius 1 is 0.871 bits per heavy atom. The van der Waals surface area contributed by atoms with Crippen LogP contribution in [0, 0.1) is 69.0 Å². The van der Waals surface area contributed by atoms with Crippen molar-refractivity contribution >= 4 is 17.9 Å². The van der Waals surface area contributed by atoms with Crippen LogP contribution in [0.5, 0.6) is 0 Å². The zero-order valence-corrected chi connectivity index (χ0v) is 44.3. The van der Waals surface area contributed by atoms with Gasteiger partial charge in [0, 0.05) is 38.1 Å². The molecule has 0 aromatic carbocycles. The van der Waals surface area contributed by atoms with E-state index in [0.717, 1.165) is 108 Å². The third-order valence-corrected chi connectivity index (χ3v) is 21.3. The molecule has 7 saturated carbocycles. The van der Waals surface area contributed by atoms with Gasteiger partial charge in [0.05, 0.1) is 30.0 Å². The molecule has 2 heterocycles. The fraction of sp³-hybridized carbons (Fsp3) is 0.875. The molecule has 8 fully saturated rings. The lowest BCUT2D eigenvalue weighted by Crippen LogP contribution is -2.63. The highest BCUT2D eigenvalue weighted by Gasteiger charge is 2.68. The predicted octanol–water partition coefficient (Wildman–Crippen LogP) is 6.93. The maximum atomic E-state index is 12.5. The highest BCUT2D eigenvalue weighted by atomic mass is 16.7. The van der Waals surface area contributed by atoms with Gasteiger partial charge < -0.3 is 53.7 Å². The van der Waals surface area contributed by atoms with Crippen molar-refractivity contribution in [1.29, 1.82) is 0 Å². The first kappa shape index (κ1) is 53.8. The monoisotopic (exact) mass is 984 g/mol. The number of fused-ring (bicyclic) bond motifs is 8. The Kier molecular flexibility index (Phi) is 15.7. The molecule has 9 aliphatic rings. The summed E-state index contributed by atoms with van der Waals surface area (Å²) >= 11 is 0. The van der Waals surface area contributed by atoms with Crippen LogP contribution in [-0.4, -0.2) is 139 Å². The lowest BCUT2D eigenvalue weighted by molar-refractivity contribution is -0.315. The normalized spacial score (nSPS) is 47.8. The summed E-state index contributed by atoms with van der Waals surface area (Å²) in [6.45, 7) is 18.2. The second kappa shape index (κ2) is 20.4. The average molecular weight is 984 g/mol. The van der Waals surface area contributed by atoms with Gasteiger partial charge >= 0.3 is 17.9 Å². The molecule has 0 aromatic heterocycles. The van der Waals surface area contributed by atoms with Crippen molar-refractivity contribution in [2.45, 2.75) is 200 Å². The van der Waals surface area contributed by atoms with Crippen LogP contribution in [0.3, 0.4) is 0 Å². The standard InChI is InChI=1S/C32H48O9.C24H41NO4/c1-17-26(35)27(37-5)28(40-18(2)33)29(39-17)41-21-8-11-30(3)20(15-21)6-7-24-23(30)9-12-31(4)22(10-13-32(24,31)36)19-14-25(34)38-16-19;1-15-16(13-21(28)29-12-11-25(5)6)7-8-17-22(15)18(26)14-19-23(2,3)20(27)9-10-24(17,19)4/h14,17,20-24,26-29,35-36H,6-13,15-16H2,1-5H3;13,15,17-20,22,26-27H,7-12,14H2,1-6H3/b;16-13-/t17-,20+,21-,22+,23-,24+,26-,27+,28-,29-,30-,31+,32-;15-,17-,18-,19-,20-,22-,24+/m00/s1. The Morgan fingerprint density at radius 2 is 1.60 bits per heavy atom. The number of hydrogen-bond acceptors (Lipinski definition) is 14. The van der Waals surface area contributed by atoms with E-state index in [1.54, 1.807) is 19.1 Å². The van der Waals surface area contributed by atoms with Gasteiger partial charge in [-0.15, -0.1) is 0 Å². The molecule has 7 aliphatic carbocycles. The number of carbonyl (C=O) groups is 3. The first-order chi connectivity index (χ1) is 32.9. The number of likely N-dealkylation sites (N-methyl/N-ethyl adjacent to an activating group) is 1. The van der Waals surface area contributed by atoms with E-state index in [0.29, 0.717) is 36.9 Å². The molecule has 396 valence electrons.